The number of methoxy groups -OCH3 is 4. The molecule has 2 aromatic rings. The van der Waals surface area contributed by atoms with E-state index in [2.05, 4.69) is 0 Å². The highest BCUT2D eigenvalue weighted by atomic mass is 32.2. The Morgan fingerprint density at radius 1 is 0.727 bits per heavy atom. The van der Waals surface area contributed by atoms with E-state index < -0.39 is 0 Å². The smallest absolute Gasteiger partial charge is 0.203 e. The number of benzene rings is 2. The van der Waals surface area contributed by atoms with Gasteiger partial charge in [0.25, 0.3) is 0 Å². The zero-order chi connectivity index (χ0) is 16.1. The van der Waals surface area contributed by atoms with Crippen molar-refractivity contribution < 1.29 is 24.1 Å². The van der Waals surface area contributed by atoms with Crippen molar-refractivity contribution in [2.24, 2.45) is 0 Å². The predicted molar refractivity (Wildman–Crippen MR) is 84.9 cm³/mol. The first-order valence-corrected chi connectivity index (χ1v) is 7.29. The van der Waals surface area contributed by atoms with E-state index in [1.165, 1.54) is 18.9 Å². The fourth-order valence-corrected chi connectivity index (χ4v) is 2.90. The Labute approximate surface area is 133 Å². The Balaban J connectivity index is 2.35. The van der Waals surface area contributed by atoms with Crippen LogP contribution < -0.4 is 18.9 Å². The van der Waals surface area contributed by atoms with E-state index in [0.29, 0.717) is 23.0 Å². The van der Waals surface area contributed by atoms with E-state index in [9.17, 15) is 5.11 Å². The average molecular weight is 322 g/mol. The molecular formula is C16H18O5S. The molecule has 2 aromatic carbocycles. The number of hydrogen-bond acceptors (Lipinski definition) is 6. The van der Waals surface area contributed by atoms with Crippen LogP contribution in [0, 0.1) is 0 Å². The minimum absolute atomic E-state index is 0.0972. The number of ether oxygens (including phenoxy) is 4. The molecule has 0 saturated heterocycles. The number of rotatable bonds is 6. The SMILES string of the molecule is COc1ccc(Sc2cc(OC)c(OC)c(OC)c2)cc1O. The van der Waals surface area contributed by atoms with Crippen LogP contribution >= 0.6 is 11.8 Å². The summed E-state index contributed by atoms with van der Waals surface area (Å²) in [5.74, 6) is 2.25. The molecule has 0 aliphatic heterocycles. The summed E-state index contributed by atoms with van der Waals surface area (Å²) in [6, 6.07) is 8.94. The Morgan fingerprint density at radius 3 is 1.77 bits per heavy atom. The molecule has 5 nitrogen and oxygen atoms in total. The number of phenolic OH excluding ortho intramolecular Hbond substituents is 1. The zero-order valence-electron chi connectivity index (χ0n) is 12.9. The van der Waals surface area contributed by atoms with Crippen LogP contribution in [-0.4, -0.2) is 33.5 Å². The first kappa shape index (κ1) is 16.2. The van der Waals surface area contributed by atoms with E-state index in [1.807, 2.05) is 18.2 Å². The largest absolute Gasteiger partial charge is 0.504 e. The first-order chi connectivity index (χ1) is 10.6. The highest BCUT2D eigenvalue weighted by molar-refractivity contribution is 7.99. The van der Waals surface area contributed by atoms with Gasteiger partial charge in [-0.25, -0.2) is 0 Å². The normalized spacial score (nSPS) is 10.2. The predicted octanol–water partition coefficient (Wildman–Crippen LogP) is 3.58. The maximum absolute atomic E-state index is 9.85. The molecule has 0 aliphatic carbocycles. The van der Waals surface area contributed by atoms with Crippen molar-refractivity contribution in [3.8, 4) is 28.7 Å². The van der Waals surface area contributed by atoms with Gasteiger partial charge < -0.3 is 24.1 Å². The quantitative estimate of drug-likeness (QED) is 0.877. The Hall–Kier alpha value is -2.21. The molecule has 0 radical (unpaired) electrons. The van der Waals surface area contributed by atoms with Gasteiger partial charge in [-0.3, -0.25) is 0 Å². The van der Waals surface area contributed by atoms with E-state index in [4.69, 9.17) is 18.9 Å². The minimum atomic E-state index is 0.0972. The van der Waals surface area contributed by atoms with Gasteiger partial charge in [0.05, 0.1) is 28.4 Å². The standard InChI is InChI=1S/C16H18O5S/c1-18-13-6-5-10(7-12(13)17)22-11-8-14(19-2)16(21-4)15(9-11)20-3/h5-9,17H,1-4H3. The van der Waals surface area contributed by atoms with Crippen LogP contribution in [0.15, 0.2) is 40.1 Å². The molecular weight excluding hydrogens is 304 g/mol. The van der Waals surface area contributed by atoms with Gasteiger partial charge in [-0.15, -0.1) is 0 Å². The van der Waals surface area contributed by atoms with Crippen molar-refractivity contribution in [2.75, 3.05) is 28.4 Å². The molecule has 118 valence electrons. The second-order valence-electron chi connectivity index (χ2n) is 4.30. The van der Waals surface area contributed by atoms with E-state index in [-0.39, 0.29) is 5.75 Å². The number of aromatic hydroxyl groups is 1. The molecule has 0 amide bonds. The maximum Gasteiger partial charge on any atom is 0.203 e. The molecule has 0 aromatic heterocycles. The fraction of sp³-hybridized carbons (Fsp3) is 0.250. The molecule has 0 bridgehead atoms. The third-order valence-corrected chi connectivity index (χ3v) is 3.99. The minimum Gasteiger partial charge on any atom is -0.504 e. The van der Waals surface area contributed by atoms with Crippen molar-refractivity contribution in [3.63, 3.8) is 0 Å². The van der Waals surface area contributed by atoms with Gasteiger partial charge in [-0.1, -0.05) is 11.8 Å². The summed E-state index contributed by atoms with van der Waals surface area (Å²) in [4.78, 5) is 1.77. The fourth-order valence-electron chi connectivity index (χ4n) is 1.99. The van der Waals surface area contributed by atoms with Gasteiger partial charge in [0, 0.05) is 9.79 Å². The number of phenols is 1. The molecule has 6 heteroatoms. The second-order valence-corrected chi connectivity index (χ2v) is 5.44. The summed E-state index contributed by atoms with van der Waals surface area (Å²) in [5.41, 5.74) is 0. The molecule has 0 aliphatic rings. The van der Waals surface area contributed by atoms with Crippen LogP contribution in [0.5, 0.6) is 28.7 Å². The monoisotopic (exact) mass is 322 g/mol. The lowest BCUT2D eigenvalue weighted by Gasteiger charge is -2.14. The molecule has 0 spiro atoms. The van der Waals surface area contributed by atoms with E-state index in [1.54, 1.807) is 33.5 Å². The summed E-state index contributed by atoms with van der Waals surface area (Å²) in [6.07, 6.45) is 0. The molecule has 0 unspecified atom stereocenters. The van der Waals surface area contributed by atoms with Crippen LogP contribution in [0.3, 0.4) is 0 Å². The van der Waals surface area contributed by atoms with Crippen LogP contribution in [0.2, 0.25) is 0 Å². The molecule has 0 heterocycles. The molecule has 2 rings (SSSR count). The van der Waals surface area contributed by atoms with Crippen LogP contribution in [0.4, 0.5) is 0 Å². The Morgan fingerprint density at radius 2 is 1.32 bits per heavy atom. The lowest BCUT2D eigenvalue weighted by Crippen LogP contribution is -1.95. The van der Waals surface area contributed by atoms with Crippen molar-refractivity contribution in [2.45, 2.75) is 9.79 Å². The third-order valence-electron chi connectivity index (χ3n) is 3.02. The van der Waals surface area contributed by atoms with Crippen molar-refractivity contribution in [3.05, 3.63) is 30.3 Å². The van der Waals surface area contributed by atoms with E-state index >= 15 is 0 Å². The van der Waals surface area contributed by atoms with Gasteiger partial charge in [-0.2, -0.15) is 0 Å². The van der Waals surface area contributed by atoms with Crippen molar-refractivity contribution in [1.82, 2.24) is 0 Å². The Bertz CT molecular complexity index is 632. The highest BCUT2D eigenvalue weighted by Crippen LogP contribution is 2.43. The second kappa shape index (κ2) is 7.17. The first-order valence-electron chi connectivity index (χ1n) is 6.47. The lowest BCUT2D eigenvalue weighted by atomic mass is 10.3. The van der Waals surface area contributed by atoms with Gasteiger partial charge >= 0.3 is 0 Å². The summed E-state index contributed by atoms with van der Waals surface area (Å²) in [7, 11) is 6.23. The van der Waals surface area contributed by atoms with E-state index in [0.717, 1.165) is 9.79 Å². The summed E-state index contributed by atoms with van der Waals surface area (Å²) >= 11 is 1.47. The molecule has 0 fully saturated rings. The Kier molecular flexibility index (Phi) is 5.27. The van der Waals surface area contributed by atoms with Crippen molar-refractivity contribution >= 4 is 11.8 Å². The van der Waals surface area contributed by atoms with Gasteiger partial charge in [0.1, 0.15) is 0 Å². The van der Waals surface area contributed by atoms with Crippen LogP contribution in [-0.2, 0) is 0 Å². The lowest BCUT2D eigenvalue weighted by molar-refractivity contribution is 0.323. The molecule has 0 saturated carbocycles. The van der Waals surface area contributed by atoms with Gasteiger partial charge in [0.2, 0.25) is 5.75 Å². The average Bonchev–Trinajstić information content (AvgIpc) is 2.54. The van der Waals surface area contributed by atoms with Crippen LogP contribution in [0.25, 0.3) is 0 Å². The topological polar surface area (TPSA) is 57.2 Å². The maximum atomic E-state index is 9.85. The highest BCUT2D eigenvalue weighted by Gasteiger charge is 2.14. The van der Waals surface area contributed by atoms with Crippen molar-refractivity contribution in [1.29, 1.82) is 0 Å². The number of hydrogen-bond donors (Lipinski definition) is 1. The van der Waals surface area contributed by atoms with Gasteiger partial charge in [-0.05, 0) is 30.3 Å². The van der Waals surface area contributed by atoms with Crippen LogP contribution in [0.1, 0.15) is 0 Å². The van der Waals surface area contributed by atoms with Gasteiger partial charge in [0.15, 0.2) is 23.0 Å². The summed E-state index contributed by atoms with van der Waals surface area (Å²) in [5, 5.41) is 9.85. The molecule has 0 atom stereocenters. The summed E-state index contributed by atoms with van der Waals surface area (Å²) in [6.45, 7) is 0. The molecule has 22 heavy (non-hydrogen) atoms. The summed E-state index contributed by atoms with van der Waals surface area (Å²) < 4.78 is 21.0. The third kappa shape index (κ3) is 3.33. The molecule has 1 N–H and O–H groups in total. The zero-order valence-corrected chi connectivity index (χ0v) is 13.7.